The molecule has 0 bridgehead atoms. The first-order chi connectivity index (χ1) is 8.41. The molecule has 0 saturated heterocycles. The Kier molecular flexibility index (Phi) is 3.63. The largest absolute Gasteiger partial charge is 0.416 e. The van der Waals surface area contributed by atoms with Gasteiger partial charge in [0.1, 0.15) is 11.3 Å². The first-order valence-electron chi connectivity index (χ1n) is 5.28. The van der Waals surface area contributed by atoms with Crippen LogP contribution in [0.2, 0.25) is 0 Å². The molecule has 0 saturated carbocycles. The lowest BCUT2D eigenvalue weighted by Crippen LogP contribution is -2.04. The van der Waals surface area contributed by atoms with Gasteiger partial charge in [0.05, 0.1) is 11.1 Å². The van der Waals surface area contributed by atoms with E-state index in [1.54, 1.807) is 0 Å². The van der Waals surface area contributed by atoms with E-state index in [1.165, 1.54) is 0 Å². The van der Waals surface area contributed by atoms with Crippen LogP contribution in [0.15, 0.2) is 16.6 Å². The number of halogens is 4. The molecule has 2 N–H and O–H groups in total. The summed E-state index contributed by atoms with van der Waals surface area (Å²) in [5.41, 5.74) is 0.0832. The minimum Gasteiger partial charge on any atom is -0.396 e. The maximum atomic E-state index is 12.6. The highest BCUT2D eigenvalue weighted by atomic mass is 79.9. The summed E-state index contributed by atoms with van der Waals surface area (Å²) in [5, 5.41) is 8.71. The Bertz CT molecular complexity index is 565. The highest BCUT2D eigenvalue weighted by Crippen LogP contribution is 2.34. The number of hydrogen-bond donors (Lipinski definition) is 2. The summed E-state index contributed by atoms with van der Waals surface area (Å²) in [7, 11) is 0. The van der Waals surface area contributed by atoms with Crippen LogP contribution in [-0.2, 0) is 12.6 Å². The SMILES string of the molecule is OCCCc1nc2c(Br)cc(C(F)(F)F)cc2[nH]1. The van der Waals surface area contributed by atoms with Gasteiger partial charge in [0.2, 0.25) is 0 Å². The lowest BCUT2D eigenvalue weighted by atomic mass is 10.2. The number of alkyl halides is 3. The van der Waals surface area contributed by atoms with Gasteiger partial charge in [-0.1, -0.05) is 0 Å². The standard InChI is InChI=1S/C11H10BrF3N2O/c12-7-4-6(11(13,14)15)5-8-10(7)17-9(16-8)2-1-3-18/h4-5,18H,1-3H2,(H,16,17). The van der Waals surface area contributed by atoms with E-state index in [0.29, 0.717) is 34.2 Å². The van der Waals surface area contributed by atoms with Gasteiger partial charge < -0.3 is 10.1 Å². The fraction of sp³-hybridized carbons (Fsp3) is 0.364. The van der Waals surface area contributed by atoms with E-state index in [-0.39, 0.29) is 6.61 Å². The van der Waals surface area contributed by atoms with E-state index < -0.39 is 11.7 Å². The number of imidazole rings is 1. The molecule has 0 aliphatic carbocycles. The summed E-state index contributed by atoms with van der Waals surface area (Å²) < 4.78 is 38.2. The summed E-state index contributed by atoms with van der Waals surface area (Å²) in [6.45, 7) is 0.0199. The van der Waals surface area contributed by atoms with Crippen molar-refractivity contribution in [2.24, 2.45) is 0 Å². The smallest absolute Gasteiger partial charge is 0.396 e. The van der Waals surface area contributed by atoms with E-state index in [2.05, 4.69) is 25.9 Å². The Morgan fingerprint density at radius 1 is 1.33 bits per heavy atom. The normalized spacial score (nSPS) is 12.3. The van der Waals surface area contributed by atoms with E-state index in [1.807, 2.05) is 0 Å². The van der Waals surface area contributed by atoms with Crippen LogP contribution < -0.4 is 0 Å². The Morgan fingerprint density at radius 3 is 2.67 bits per heavy atom. The molecule has 7 heteroatoms. The number of nitrogens with one attached hydrogen (secondary N) is 1. The summed E-state index contributed by atoms with van der Waals surface area (Å²) in [6, 6.07) is 2.05. The Balaban J connectivity index is 2.46. The predicted octanol–water partition coefficient (Wildman–Crippen LogP) is 3.27. The van der Waals surface area contributed by atoms with Gasteiger partial charge >= 0.3 is 6.18 Å². The zero-order chi connectivity index (χ0) is 13.3. The van der Waals surface area contributed by atoms with Crippen LogP contribution in [0.5, 0.6) is 0 Å². The molecule has 2 rings (SSSR count). The second-order valence-corrected chi connectivity index (χ2v) is 4.72. The number of rotatable bonds is 3. The minimum atomic E-state index is -4.38. The maximum Gasteiger partial charge on any atom is 0.416 e. The highest BCUT2D eigenvalue weighted by Gasteiger charge is 2.31. The van der Waals surface area contributed by atoms with Crippen LogP contribution in [0.25, 0.3) is 11.0 Å². The average Bonchev–Trinajstić information content (AvgIpc) is 2.68. The van der Waals surface area contributed by atoms with Gasteiger partial charge in [-0.25, -0.2) is 4.98 Å². The van der Waals surface area contributed by atoms with Crippen molar-refractivity contribution in [3.05, 3.63) is 28.0 Å². The minimum absolute atomic E-state index is 0.0199. The van der Waals surface area contributed by atoms with Crippen LogP contribution in [0.1, 0.15) is 17.8 Å². The first-order valence-corrected chi connectivity index (χ1v) is 6.07. The molecular formula is C11H10BrF3N2O. The van der Waals surface area contributed by atoms with E-state index >= 15 is 0 Å². The van der Waals surface area contributed by atoms with Crippen molar-refractivity contribution in [3.63, 3.8) is 0 Å². The van der Waals surface area contributed by atoms with Gasteiger partial charge in [0.25, 0.3) is 0 Å². The van der Waals surface area contributed by atoms with Crippen molar-refractivity contribution in [1.82, 2.24) is 9.97 Å². The maximum absolute atomic E-state index is 12.6. The third-order valence-corrected chi connectivity index (χ3v) is 3.09. The van der Waals surface area contributed by atoms with Crippen LogP contribution in [-0.4, -0.2) is 21.7 Å². The summed E-state index contributed by atoms with van der Waals surface area (Å²) in [4.78, 5) is 7.02. The van der Waals surface area contributed by atoms with Crippen LogP contribution >= 0.6 is 15.9 Å². The van der Waals surface area contributed by atoms with E-state index in [4.69, 9.17) is 5.11 Å². The molecule has 0 spiro atoms. The van der Waals surface area contributed by atoms with Crippen molar-refractivity contribution in [3.8, 4) is 0 Å². The molecule has 18 heavy (non-hydrogen) atoms. The molecule has 2 aromatic rings. The molecule has 1 aromatic heterocycles. The quantitative estimate of drug-likeness (QED) is 0.911. The number of aliphatic hydroxyl groups excluding tert-OH is 1. The number of aromatic amines is 1. The van der Waals surface area contributed by atoms with Crippen LogP contribution in [0, 0.1) is 0 Å². The number of benzene rings is 1. The molecule has 1 heterocycles. The number of aliphatic hydroxyl groups is 1. The third kappa shape index (κ3) is 2.67. The summed E-state index contributed by atoms with van der Waals surface area (Å²) in [6.07, 6.45) is -3.37. The molecular weight excluding hydrogens is 313 g/mol. The second-order valence-electron chi connectivity index (χ2n) is 3.86. The average molecular weight is 323 g/mol. The molecule has 0 aliphatic heterocycles. The fourth-order valence-electron chi connectivity index (χ4n) is 1.65. The van der Waals surface area contributed by atoms with Gasteiger partial charge in [-0.15, -0.1) is 0 Å². The lowest BCUT2D eigenvalue weighted by Gasteiger charge is -2.06. The fourth-order valence-corrected chi connectivity index (χ4v) is 2.20. The number of aromatic nitrogens is 2. The van der Waals surface area contributed by atoms with Crippen LogP contribution in [0.4, 0.5) is 13.2 Å². The molecule has 0 amide bonds. The Labute approximate surface area is 109 Å². The Morgan fingerprint density at radius 2 is 2.06 bits per heavy atom. The summed E-state index contributed by atoms with van der Waals surface area (Å²) in [5.74, 6) is 0.569. The highest BCUT2D eigenvalue weighted by molar-refractivity contribution is 9.10. The van der Waals surface area contributed by atoms with E-state index in [0.717, 1.165) is 12.1 Å². The number of H-pyrrole nitrogens is 1. The molecule has 3 nitrogen and oxygen atoms in total. The Hall–Kier alpha value is -1.08. The van der Waals surface area contributed by atoms with Crippen molar-refractivity contribution < 1.29 is 18.3 Å². The van der Waals surface area contributed by atoms with Crippen molar-refractivity contribution in [2.75, 3.05) is 6.61 Å². The molecule has 0 fully saturated rings. The summed E-state index contributed by atoms with van der Waals surface area (Å²) >= 11 is 3.09. The topological polar surface area (TPSA) is 48.9 Å². The predicted molar refractivity (Wildman–Crippen MR) is 64.2 cm³/mol. The van der Waals surface area contributed by atoms with Gasteiger partial charge in [0.15, 0.2) is 0 Å². The monoisotopic (exact) mass is 322 g/mol. The van der Waals surface area contributed by atoms with Gasteiger partial charge in [-0.3, -0.25) is 0 Å². The van der Waals surface area contributed by atoms with Crippen molar-refractivity contribution in [1.29, 1.82) is 0 Å². The third-order valence-electron chi connectivity index (χ3n) is 2.49. The lowest BCUT2D eigenvalue weighted by molar-refractivity contribution is -0.137. The molecule has 0 aliphatic rings. The number of hydrogen-bond acceptors (Lipinski definition) is 2. The van der Waals surface area contributed by atoms with E-state index in [9.17, 15) is 13.2 Å². The first kappa shape index (κ1) is 13.4. The van der Waals surface area contributed by atoms with Gasteiger partial charge in [-0.05, 0) is 34.5 Å². The van der Waals surface area contributed by atoms with Gasteiger partial charge in [0, 0.05) is 17.5 Å². The van der Waals surface area contributed by atoms with Gasteiger partial charge in [-0.2, -0.15) is 13.2 Å². The molecule has 0 unspecified atom stereocenters. The zero-order valence-electron chi connectivity index (χ0n) is 9.18. The number of nitrogens with zero attached hydrogens (tertiary/aromatic N) is 1. The molecule has 1 aromatic carbocycles. The van der Waals surface area contributed by atoms with Crippen molar-refractivity contribution >= 4 is 27.0 Å². The second kappa shape index (κ2) is 4.89. The number of aryl methyl sites for hydroxylation is 1. The number of fused-ring (bicyclic) bond motifs is 1. The molecule has 0 atom stereocenters. The molecule has 98 valence electrons. The van der Waals surface area contributed by atoms with Crippen LogP contribution in [0.3, 0.4) is 0 Å². The van der Waals surface area contributed by atoms with Crippen molar-refractivity contribution in [2.45, 2.75) is 19.0 Å². The zero-order valence-corrected chi connectivity index (χ0v) is 10.8. The molecule has 0 radical (unpaired) electrons.